The summed E-state index contributed by atoms with van der Waals surface area (Å²) in [5.74, 6) is -0.682. The van der Waals surface area contributed by atoms with Gasteiger partial charge in [0.15, 0.2) is 6.61 Å². The normalized spacial score (nSPS) is 13.2. The minimum atomic E-state index is -0.504. The summed E-state index contributed by atoms with van der Waals surface area (Å²) in [6.07, 6.45) is 0. The van der Waals surface area contributed by atoms with Crippen LogP contribution in [0.1, 0.15) is 41.6 Å². The summed E-state index contributed by atoms with van der Waals surface area (Å²) in [6.45, 7) is 7.54. The van der Waals surface area contributed by atoms with Crippen LogP contribution in [0.4, 0.5) is 5.69 Å². The molecular formula is C20H24N4O4. The zero-order chi connectivity index (χ0) is 20.4. The van der Waals surface area contributed by atoms with E-state index in [2.05, 4.69) is 15.4 Å². The number of hydrogen-bond donors (Lipinski definition) is 2. The van der Waals surface area contributed by atoms with Crippen molar-refractivity contribution in [3.05, 3.63) is 47.3 Å². The van der Waals surface area contributed by atoms with Gasteiger partial charge in [0.2, 0.25) is 0 Å². The molecule has 148 valence electrons. The SMILES string of the molecule is Cc1cc(C(=O)NNC(=O)CN2C(=O)COc3ccccc32)c(C)n1C(C)C. The smallest absolute Gasteiger partial charge is 0.271 e. The van der Waals surface area contributed by atoms with E-state index in [1.165, 1.54) is 4.90 Å². The Morgan fingerprint density at radius 1 is 1.18 bits per heavy atom. The molecule has 3 amide bonds. The monoisotopic (exact) mass is 384 g/mol. The molecule has 0 saturated carbocycles. The van der Waals surface area contributed by atoms with Gasteiger partial charge in [-0.3, -0.25) is 30.1 Å². The van der Waals surface area contributed by atoms with Crippen LogP contribution in [0.5, 0.6) is 5.75 Å². The lowest BCUT2D eigenvalue weighted by Gasteiger charge is -2.28. The van der Waals surface area contributed by atoms with Crippen LogP contribution in [0.3, 0.4) is 0 Å². The molecule has 0 atom stereocenters. The molecule has 2 N–H and O–H groups in total. The van der Waals surface area contributed by atoms with E-state index in [1.807, 2.05) is 27.7 Å². The Morgan fingerprint density at radius 3 is 2.57 bits per heavy atom. The number of aryl methyl sites for hydroxylation is 1. The van der Waals surface area contributed by atoms with Gasteiger partial charge < -0.3 is 9.30 Å². The highest BCUT2D eigenvalue weighted by molar-refractivity contribution is 6.03. The number of anilines is 1. The summed E-state index contributed by atoms with van der Waals surface area (Å²) in [4.78, 5) is 38.2. The highest BCUT2D eigenvalue weighted by Gasteiger charge is 2.27. The first-order valence-corrected chi connectivity index (χ1v) is 9.09. The van der Waals surface area contributed by atoms with Gasteiger partial charge in [-0.15, -0.1) is 0 Å². The number of carbonyl (C=O) groups is 3. The predicted molar refractivity (Wildman–Crippen MR) is 104 cm³/mol. The Kier molecular flexibility index (Phi) is 5.39. The first-order chi connectivity index (χ1) is 13.3. The van der Waals surface area contributed by atoms with Gasteiger partial charge >= 0.3 is 0 Å². The van der Waals surface area contributed by atoms with Crippen molar-refractivity contribution in [2.45, 2.75) is 33.7 Å². The third-order valence-corrected chi connectivity index (χ3v) is 4.67. The maximum atomic E-state index is 12.5. The Labute approximate surface area is 163 Å². The number of hydrazine groups is 1. The van der Waals surface area contributed by atoms with Crippen LogP contribution in [0.25, 0.3) is 0 Å². The number of benzene rings is 1. The number of para-hydroxylation sites is 2. The molecule has 28 heavy (non-hydrogen) atoms. The number of rotatable bonds is 4. The maximum absolute atomic E-state index is 12.5. The summed E-state index contributed by atoms with van der Waals surface area (Å²) in [6, 6.07) is 9.01. The highest BCUT2D eigenvalue weighted by Crippen LogP contribution is 2.31. The lowest BCUT2D eigenvalue weighted by atomic mass is 10.2. The van der Waals surface area contributed by atoms with E-state index in [9.17, 15) is 14.4 Å². The molecule has 0 aliphatic carbocycles. The average molecular weight is 384 g/mol. The van der Waals surface area contributed by atoms with Crippen LogP contribution in [0.15, 0.2) is 30.3 Å². The van der Waals surface area contributed by atoms with Gasteiger partial charge in [0.25, 0.3) is 17.7 Å². The largest absolute Gasteiger partial charge is 0.482 e. The Balaban J connectivity index is 1.65. The van der Waals surface area contributed by atoms with E-state index in [0.29, 0.717) is 17.0 Å². The van der Waals surface area contributed by atoms with Gasteiger partial charge in [-0.05, 0) is 45.9 Å². The number of fused-ring (bicyclic) bond motifs is 1. The topological polar surface area (TPSA) is 92.7 Å². The molecule has 8 heteroatoms. The molecule has 0 fully saturated rings. The zero-order valence-electron chi connectivity index (χ0n) is 16.4. The first kappa shape index (κ1) is 19.5. The van der Waals surface area contributed by atoms with Gasteiger partial charge in [0, 0.05) is 17.4 Å². The Bertz CT molecular complexity index is 932. The van der Waals surface area contributed by atoms with Crippen molar-refractivity contribution >= 4 is 23.4 Å². The van der Waals surface area contributed by atoms with Crippen molar-refractivity contribution in [1.29, 1.82) is 0 Å². The molecule has 1 aliphatic heterocycles. The molecule has 1 aliphatic rings. The van der Waals surface area contributed by atoms with Gasteiger partial charge in [0.1, 0.15) is 12.3 Å². The lowest BCUT2D eigenvalue weighted by molar-refractivity contribution is -0.125. The number of amides is 3. The standard InChI is InChI=1S/C20H24N4O4/c1-12(2)24-13(3)9-15(14(24)4)20(27)22-21-18(25)10-23-16-7-5-6-8-17(16)28-11-19(23)26/h5-9,12H,10-11H2,1-4H3,(H,21,25)(H,22,27). The van der Waals surface area contributed by atoms with Crippen LogP contribution >= 0.6 is 0 Å². The number of nitrogens with one attached hydrogen (secondary N) is 2. The molecule has 2 heterocycles. The van der Waals surface area contributed by atoms with E-state index >= 15 is 0 Å². The second-order valence-corrected chi connectivity index (χ2v) is 6.99. The molecule has 0 spiro atoms. The zero-order valence-corrected chi connectivity index (χ0v) is 16.4. The quantitative estimate of drug-likeness (QED) is 0.787. The van der Waals surface area contributed by atoms with Crippen molar-refractivity contribution in [2.24, 2.45) is 0 Å². The molecule has 2 aromatic rings. The number of ether oxygens (including phenoxy) is 1. The minimum Gasteiger partial charge on any atom is -0.482 e. The van der Waals surface area contributed by atoms with Crippen LogP contribution in [-0.2, 0) is 9.59 Å². The van der Waals surface area contributed by atoms with Crippen molar-refractivity contribution in [2.75, 3.05) is 18.1 Å². The average Bonchev–Trinajstić information content (AvgIpc) is 2.96. The summed E-state index contributed by atoms with van der Waals surface area (Å²) in [7, 11) is 0. The predicted octanol–water partition coefficient (Wildman–Crippen LogP) is 1.87. The molecule has 0 radical (unpaired) electrons. The van der Waals surface area contributed by atoms with E-state index in [0.717, 1.165) is 11.4 Å². The molecule has 1 aromatic carbocycles. The third kappa shape index (κ3) is 3.71. The fourth-order valence-electron chi connectivity index (χ4n) is 3.51. The van der Waals surface area contributed by atoms with Crippen LogP contribution in [-0.4, -0.2) is 35.4 Å². The number of nitrogens with zero attached hydrogens (tertiary/aromatic N) is 2. The number of aromatic nitrogens is 1. The van der Waals surface area contributed by atoms with Crippen LogP contribution < -0.4 is 20.5 Å². The molecule has 3 rings (SSSR count). The summed E-state index contributed by atoms with van der Waals surface area (Å²) < 4.78 is 7.41. The maximum Gasteiger partial charge on any atom is 0.271 e. The van der Waals surface area contributed by atoms with Gasteiger partial charge in [0.05, 0.1) is 11.3 Å². The second kappa shape index (κ2) is 7.75. The van der Waals surface area contributed by atoms with E-state index in [-0.39, 0.29) is 25.1 Å². The Hall–Kier alpha value is -3.29. The molecular weight excluding hydrogens is 360 g/mol. The fraction of sp³-hybridized carbons (Fsp3) is 0.350. The fourth-order valence-corrected chi connectivity index (χ4v) is 3.51. The van der Waals surface area contributed by atoms with Crippen LogP contribution in [0, 0.1) is 13.8 Å². The van der Waals surface area contributed by atoms with Gasteiger partial charge in [-0.2, -0.15) is 0 Å². The van der Waals surface area contributed by atoms with Gasteiger partial charge in [-0.1, -0.05) is 12.1 Å². The van der Waals surface area contributed by atoms with E-state index in [1.54, 1.807) is 30.3 Å². The van der Waals surface area contributed by atoms with Gasteiger partial charge in [-0.25, -0.2) is 0 Å². The number of carbonyl (C=O) groups excluding carboxylic acids is 3. The molecule has 1 aromatic heterocycles. The lowest BCUT2D eigenvalue weighted by Crippen LogP contribution is -2.49. The van der Waals surface area contributed by atoms with Crippen molar-refractivity contribution in [1.82, 2.24) is 15.4 Å². The molecule has 0 saturated heterocycles. The van der Waals surface area contributed by atoms with E-state index in [4.69, 9.17) is 4.74 Å². The summed E-state index contributed by atoms with van der Waals surface area (Å²) >= 11 is 0. The summed E-state index contributed by atoms with van der Waals surface area (Å²) in [5, 5.41) is 0. The highest BCUT2D eigenvalue weighted by atomic mass is 16.5. The second-order valence-electron chi connectivity index (χ2n) is 6.99. The summed E-state index contributed by atoms with van der Waals surface area (Å²) in [5.41, 5.74) is 7.64. The van der Waals surface area contributed by atoms with Crippen molar-refractivity contribution in [3.63, 3.8) is 0 Å². The van der Waals surface area contributed by atoms with Crippen LogP contribution in [0.2, 0.25) is 0 Å². The number of hydrogen-bond acceptors (Lipinski definition) is 4. The minimum absolute atomic E-state index is 0.127. The molecule has 0 bridgehead atoms. The molecule has 0 unspecified atom stereocenters. The Morgan fingerprint density at radius 2 is 1.89 bits per heavy atom. The third-order valence-electron chi connectivity index (χ3n) is 4.67. The van der Waals surface area contributed by atoms with Crippen molar-refractivity contribution < 1.29 is 19.1 Å². The molecule has 8 nitrogen and oxygen atoms in total. The first-order valence-electron chi connectivity index (χ1n) is 9.09. The van der Waals surface area contributed by atoms with E-state index < -0.39 is 11.8 Å². The van der Waals surface area contributed by atoms with Crippen molar-refractivity contribution in [3.8, 4) is 5.75 Å².